The molecule has 0 spiro atoms. The Kier molecular flexibility index (Phi) is 4.18. The van der Waals surface area contributed by atoms with Gasteiger partial charge in [0.2, 0.25) is 0 Å². The Bertz CT molecular complexity index is 562. The molecule has 0 bridgehead atoms. The molecule has 0 unspecified atom stereocenters. The van der Waals surface area contributed by atoms with Crippen LogP contribution >= 0.6 is 0 Å². The lowest BCUT2D eigenvalue weighted by Gasteiger charge is -2.08. The van der Waals surface area contributed by atoms with Crippen LogP contribution in [0, 0.1) is 6.92 Å². The summed E-state index contributed by atoms with van der Waals surface area (Å²) < 4.78 is 0. The number of hydrogen-bond acceptors (Lipinski definition) is 2. The largest absolute Gasteiger partial charge is 0.348 e. The Morgan fingerprint density at radius 1 is 1.42 bits per heavy atom. The molecule has 2 aromatic rings. The van der Waals surface area contributed by atoms with E-state index in [2.05, 4.69) is 20.6 Å². The Morgan fingerprint density at radius 3 is 2.95 bits per heavy atom. The van der Waals surface area contributed by atoms with Gasteiger partial charge in [-0.25, -0.2) is 9.78 Å². The lowest BCUT2D eigenvalue weighted by Crippen LogP contribution is -2.29. The number of carbonyl (C=O) groups excluding carboxylic acids is 1. The van der Waals surface area contributed by atoms with E-state index in [9.17, 15) is 4.79 Å². The number of nitrogens with one attached hydrogen (secondary N) is 3. The molecule has 19 heavy (non-hydrogen) atoms. The van der Waals surface area contributed by atoms with Gasteiger partial charge < -0.3 is 15.6 Å². The first-order chi connectivity index (χ1) is 9.20. The third kappa shape index (κ3) is 3.34. The van der Waals surface area contributed by atoms with Gasteiger partial charge in [0.25, 0.3) is 0 Å². The summed E-state index contributed by atoms with van der Waals surface area (Å²) in [7, 11) is 0. The van der Waals surface area contributed by atoms with Crippen LogP contribution in [0.4, 0.5) is 10.5 Å². The van der Waals surface area contributed by atoms with Crippen molar-refractivity contribution in [2.24, 2.45) is 0 Å². The molecule has 2 rings (SSSR count). The van der Waals surface area contributed by atoms with E-state index >= 15 is 0 Å². The number of carbonyl (C=O) groups is 1. The lowest BCUT2D eigenvalue weighted by atomic mass is 10.1. The monoisotopic (exact) mass is 258 g/mol. The van der Waals surface area contributed by atoms with Crippen LogP contribution in [0.1, 0.15) is 19.0 Å². The number of aromatic nitrogens is 2. The molecule has 3 N–H and O–H groups in total. The number of hydrogen-bond donors (Lipinski definition) is 3. The summed E-state index contributed by atoms with van der Waals surface area (Å²) in [6, 6.07) is 7.46. The zero-order valence-electron chi connectivity index (χ0n) is 11.2. The molecule has 0 saturated carbocycles. The number of benzene rings is 1. The van der Waals surface area contributed by atoms with Crippen LogP contribution in [0.25, 0.3) is 11.3 Å². The Labute approximate surface area is 112 Å². The quantitative estimate of drug-likeness (QED) is 0.789. The highest BCUT2D eigenvalue weighted by Gasteiger charge is 2.06. The topological polar surface area (TPSA) is 69.8 Å². The van der Waals surface area contributed by atoms with Gasteiger partial charge in [-0.05, 0) is 25.5 Å². The molecular formula is C14H18N4O. The van der Waals surface area contributed by atoms with E-state index in [0.717, 1.165) is 29.1 Å². The number of rotatable bonds is 4. The molecule has 0 atom stereocenters. The maximum absolute atomic E-state index is 11.6. The normalized spacial score (nSPS) is 10.2. The summed E-state index contributed by atoms with van der Waals surface area (Å²) >= 11 is 0. The summed E-state index contributed by atoms with van der Waals surface area (Å²) in [5.74, 6) is 0. The van der Waals surface area contributed by atoms with Gasteiger partial charge in [-0.2, -0.15) is 0 Å². The molecule has 100 valence electrons. The summed E-state index contributed by atoms with van der Waals surface area (Å²) in [6.45, 7) is 4.65. The summed E-state index contributed by atoms with van der Waals surface area (Å²) in [6.07, 6.45) is 2.58. The summed E-state index contributed by atoms with van der Waals surface area (Å²) in [5, 5.41) is 5.59. The molecule has 1 aromatic carbocycles. The number of anilines is 1. The summed E-state index contributed by atoms with van der Waals surface area (Å²) in [5.41, 5.74) is 3.64. The fourth-order valence-corrected chi connectivity index (χ4v) is 1.81. The van der Waals surface area contributed by atoms with Crippen molar-refractivity contribution in [2.45, 2.75) is 20.3 Å². The van der Waals surface area contributed by atoms with Crippen molar-refractivity contribution in [1.82, 2.24) is 15.3 Å². The molecule has 0 fully saturated rings. The predicted octanol–water partition coefficient (Wildman–Crippen LogP) is 2.92. The third-order valence-corrected chi connectivity index (χ3v) is 2.76. The SMILES string of the molecule is CCCNC(=O)Nc1cccc(-c2nc[nH]c2C)c1. The first kappa shape index (κ1) is 13.1. The van der Waals surface area contributed by atoms with Gasteiger partial charge in [0.1, 0.15) is 0 Å². The van der Waals surface area contributed by atoms with Gasteiger partial charge in [-0.1, -0.05) is 19.1 Å². The van der Waals surface area contributed by atoms with Gasteiger partial charge in [-0.15, -0.1) is 0 Å². The van der Waals surface area contributed by atoms with Crippen LogP contribution in [0.15, 0.2) is 30.6 Å². The minimum atomic E-state index is -0.183. The highest BCUT2D eigenvalue weighted by molar-refractivity contribution is 5.90. The molecule has 5 nitrogen and oxygen atoms in total. The van der Waals surface area contributed by atoms with Gasteiger partial charge in [0.05, 0.1) is 12.0 Å². The van der Waals surface area contributed by atoms with E-state index in [0.29, 0.717) is 6.54 Å². The van der Waals surface area contributed by atoms with E-state index in [1.54, 1.807) is 6.33 Å². The van der Waals surface area contributed by atoms with Gasteiger partial charge in [0.15, 0.2) is 0 Å². The Hall–Kier alpha value is -2.30. The molecule has 0 aliphatic rings. The number of amides is 2. The Morgan fingerprint density at radius 2 is 2.26 bits per heavy atom. The number of urea groups is 1. The molecule has 5 heteroatoms. The maximum atomic E-state index is 11.6. The van der Waals surface area contributed by atoms with Crippen LogP contribution in [0.5, 0.6) is 0 Å². The average Bonchev–Trinajstić information content (AvgIpc) is 2.83. The minimum absolute atomic E-state index is 0.183. The van der Waals surface area contributed by atoms with Crippen molar-refractivity contribution < 1.29 is 4.79 Å². The zero-order valence-corrected chi connectivity index (χ0v) is 11.2. The number of H-pyrrole nitrogens is 1. The molecule has 1 heterocycles. The maximum Gasteiger partial charge on any atom is 0.319 e. The molecule has 0 aliphatic carbocycles. The third-order valence-electron chi connectivity index (χ3n) is 2.76. The first-order valence-corrected chi connectivity index (χ1v) is 6.36. The highest BCUT2D eigenvalue weighted by atomic mass is 16.2. The van der Waals surface area contributed by atoms with Crippen molar-refractivity contribution in [3.05, 3.63) is 36.3 Å². The highest BCUT2D eigenvalue weighted by Crippen LogP contribution is 2.22. The standard InChI is InChI=1S/C14H18N4O/c1-3-7-15-14(19)18-12-6-4-5-11(8-12)13-10(2)16-9-17-13/h4-6,8-9H,3,7H2,1-2H3,(H,16,17)(H2,15,18,19). The number of nitrogens with zero attached hydrogens (tertiary/aromatic N) is 1. The van der Waals surface area contributed by atoms with Crippen LogP contribution in [0.3, 0.4) is 0 Å². The molecular weight excluding hydrogens is 240 g/mol. The fraction of sp³-hybridized carbons (Fsp3) is 0.286. The Balaban J connectivity index is 2.12. The van der Waals surface area contributed by atoms with E-state index in [-0.39, 0.29) is 6.03 Å². The van der Waals surface area contributed by atoms with Crippen molar-refractivity contribution in [3.63, 3.8) is 0 Å². The van der Waals surface area contributed by atoms with E-state index in [1.165, 1.54) is 0 Å². The molecule has 2 amide bonds. The first-order valence-electron chi connectivity index (χ1n) is 6.36. The van der Waals surface area contributed by atoms with Gasteiger partial charge in [-0.3, -0.25) is 0 Å². The van der Waals surface area contributed by atoms with E-state index < -0.39 is 0 Å². The molecule has 1 aromatic heterocycles. The van der Waals surface area contributed by atoms with Crippen molar-refractivity contribution >= 4 is 11.7 Å². The molecule has 0 saturated heterocycles. The smallest absolute Gasteiger partial charge is 0.319 e. The predicted molar refractivity (Wildman–Crippen MR) is 76.1 cm³/mol. The van der Waals surface area contributed by atoms with Gasteiger partial charge in [0, 0.05) is 23.5 Å². The second-order valence-electron chi connectivity index (χ2n) is 4.34. The second kappa shape index (κ2) is 6.04. The summed E-state index contributed by atoms with van der Waals surface area (Å²) in [4.78, 5) is 18.9. The van der Waals surface area contributed by atoms with E-state index in [4.69, 9.17) is 0 Å². The number of imidazole rings is 1. The zero-order chi connectivity index (χ0) is 13.7. The molecule has 0 radical (unpaired) electrons. The fourth-order valence-electron chi connectivity index (χ4n) is 1.81. The lowest BCUT2D eigenvalue weighted by molar-refractivity contribution is 0.252. The number of aromatic amines is 1. The second-order valence-corrected chi connectivity index (χ2v) is 4.34. The van der Waals surface area contributed by atoms with Crippen LogP contribution in [-0.2, 0) is 0 Å². The van der Waals surface area contributed by atoms with Crippen LogP contribution < -0.4 is 10.6 Å². The van der Waals surface area contributed by atoms with Crippen molar-refractivity contribution in [1.29, 1.82) is 0 Å². The van der Waals surface area contributed by atoms with Gasteiger partial charge >= 0.3 is 6.03 Å². The minimum Gasteiger partial charge on any atom is -0.348 e. The van der Waals surface area contributed by atoms with E-state index in [1.807, 2.05) is 38.1 Å². The van der Waals surface area contributed by atoms with Crippen LogP contribution in [-0.4, -0.2) is 22.5 Å². The average molecular weight is 258 g/mol. The molecule has 0 aliphatic heterocycles. The van der Waals surface area contributed by atoms with Crippen LogP contribution in [0.2, 0.25) is 0 Å². The number of aryl methyl sites for hydroxylation is 1. The van der Waals surface area contributed by atoms with Crippen molar-refractivity contribution in [2.75, 3.05) is 11.9 Å². The van der Waals surface area contributed by atoms with Crippen molar-refractivity contribution in [3.8, 4) is 11.3 Å².